The van der Waals surface area contributed by atoms with E-state index >= 15 is 0 Å². The van der Waals surface area contributed by atoms with Crippen LogP contribution in [0.3, 0.4) is 0 Å². The molecule has 0 fully saturated rings. The maximum atomic E-state index is 3.00. The van der Waals surface area contributed by atoms with Gasteiger partial charge in [-0.2, -0.15) is 0 Å². The van der Waals surface area contributed by atoms with Gasteiger partial charge in [-0.05, 0) is 6.92 Å². The smallest absolute Gasteiger partial charge is 0 e. The van der Waals surface area contributed by atoms with E-state index in [9.17, 15) is 0 Å². The standard InChI is InChI=1S/C7H8.2C2H4.Rh/c1-7-5-3-2-4-6-7;2*1-2;/h2-6H,1H3;2*1-2H2;. The molecule has 0 unspecified atom stereocenters. The Morgan fingerprint density at radius 3 is 1.33 bits per heavy atom. The number of rotatable bonds is 0. The summed E-state index contributed by atoms with van der Waals surface area (Å²) >= 11 is 0. The van der Waals surface area contributed by atoms with Crippen LogP contribution in [-0.4, -0.2) is 0 Å². The van der Waals surface area contributed by atoms with Crippen LogP contribution in [0.5, 0.6) is 0 Å². The third-order valence-corrected chi connectivity index (χ3v) is 0.940. The summed E-state index contributed by atoms with van der Waals surface area (Å²) in [4.78, 5) is 0. The Labute approximate surface area is 88.8 Å². The molecule has 0 heterocycles. The number of benzene rings is 1. The van der Waals surface area contributed by atoms with Crippen LogP contribution in [0.2, 0.25) is 0 Å². The Morgan fingerprint density at radius 2 is 1.17 bits per heavy atom. The largest absolute Gasteiger partial charge is 0.106 e. The Morgan fingerprint density at radius 1 is 0.833 bits per heavy atom. The molecule has 1 rings (SSSR count). The fraction of sp³-hybridized carbons (Fsp3) is 0.0909. The molecule has 0 aliphatic rings. The van der Waals surface area contributed by atoms with E-state index in [1.54, 1.807) is 0 Å². The first kappa shape index (κ1) is 17.4. The zero-order valence-corrected chi connectivity index (χ0v) is 9.19. The second-order valence-electron chi connectivity index (χ2n) is 1.65. The summed E-state index contributed by atoms with van der Waals surface area (Å²) in [6.45, 7) is 14.1. The average molecular weight is 251 g/mol. The van der Waals surface area contributed by atoms with Gasteiger partial charge in [0.15, 0.2) is 0 Å². The molecule has 0 nitrogen and oxygen atoms in total. The van der Waals surface area contributed by atoms with Gasteiger partial charge in [0, 0.05) is 19.5 Å². The third-order valence-electron chi connectivity index (χ3n) is 0.940. The van der Waals surface area contributed by atoms with E-state index in [4.69, 9.17) is 0 Å². The fourth-order valence-electron chi connectivity index (χ4n) is 0.534. The predicted molar refractivity (Wildman–Crippen MR) is 53.7 cm³/mol. The molecule has 1 heteroatoms. The molecular weight excluding hydrogens is 235 g/mol. The van der Waals surface area contributed by atoms with Crippen LogP contribution in [0.25, 0.3) is 0 Å². The summed E-state index contributed by atoms with van der Waals surface area (Å²) in [6, 6.07) is 10.3. The molecule has 0 spiro atoms. The van der Waals surface area contributed by atoms with Gasteiger partial charge in [-0.15, -0.1) is 26.3 Å². The first-order valence-electron chi connectivity index (χ1n) is 3.41. The Hall–Kier alpha value is -0.677. The van der Waals surface area contributed by atoms with Crippen LogP contribution in [0.1, 0.15) is 5.56 Å². The Bertz CT molecular complexity index is 156. The van der Waals surface area contributed by atoms with Crippen LogP contribution < -0.4 is 0 Å². The first-order chi connectivity index (χ1) is 5.39. The van der Waals surface area contributed by atoms with Gasteiger partial charge < -0.3 is 0 Å². The molecule has 1 aromatic carbocycles. The van der Waals surface area contributed by atoms with Crippen molar-refractivity contribution in [3.8, 4) is 0 Å². The van der Waals surface area contributed by atoms with Crippen molar-refractivity contribution in [3.05, 3.63) is 62.2 Å². The Kier molecular flexibility index (Phi) is 24.3. The van der Waals surface area contributed by atoms with Crippen molar-refractivity contribution >= 4 is 0 Å². The Balaban J connectivity index is -0.000000144. The summed E-state index contributed by atoms with van der Waals surface area (Å²) in [5.74, 6) is 0. The SMILES string of the molecule is C=C.C=C.Cc1ccccc1.[Rh]. The van der Waals surface area contributed by atoms with Crippen molar-refractivity contribution in [3.63, 3.8) is 0 Å². The number of hydrogen-bond acceptors (Lipinski definition) is 0. The van der Waals surface area contributed by atoms with Crippen molar-refractivity contribution in [1.82, 2.24) is 0 Å². The minimum absolute atomic E-state index is 0. The minimum Gasteiger partial charge on any atom is -0.106 e. The van der Waals surface area contributed by atoms with Crippen molar-refractivity contribution in [2.24, 2.45) is 0 Å². The molecule has 1 aromatic rings. The van der Waals surface area contributed by atoms with Gasteiger partial charge in [-0.25, -0.2) is 0 Å². The van der Waals surface area contributed by atoms with Crippen LogP contribution in [-0.2, 0) is 19.5 Å². The van der Waals surface area contributed by atoms with Gasteiger partial charge in [0.1, 0.15) is 0 Å². The summed E-state index contributed by atoms with van der Waals surface area (Å²) in [7, 11) is 0. The van der Waals surface area contributed by atoms with Crippen LogP contribution in [0, 0.1) is 6.92 Å². The monoisotopic (exact) mass is 251 g/mol. The van der Waals surface area contributed by atoms with Crippen molar-refractivity contribution in [2.75, 3.05) is 0 Å². The molecule has 0 bridgehead atoms. The second kappa shape index (κ2) is 16.7. The summed E-state index contributed by atoms with van der Waals surface area (Å²) in [6.07, 6.45) is 0. The second-order valence-corrected chi connectivity index (χ2v) is 1.65. The maximum Gasteiger partial charge on any atom is 0 e. The topological polar surface area (TPSA) is 0 Å². The first-order valence-corrected chi connectivity index (χ1v) is 3.41. The van der Waals surface area contributed by atoms with Gasteiger partial charge >= 0.3 is 0 Å². The van der Waals surface area contributed by atoms with E-state index in [0.717, 1.165) is 0 Å². The molecule has 0 N–H and O–H groups in total. The van der Waals surface area contributed by atoms with Gasteiger partial charge in [-0.3, -0.25) is 0 Å². The van der Waals surface area contributed by atoms with Crippen molar-refractivity contribution in [2.45, 2.75) is 6.92 Å². The van der Waals surface area contributed by atoms with Gasteiger partial charge in [0.05, 0.1) is 0 Å². The molecular formula is C11H16Rh. The predicted octanol–water partition coefficient (Wildman–Crippen LogP) is 3.60. The zero-order valence-electron chi connectivity index (χ0n) is 7.55. The molecule has 0 saturated carbocycles. The molecule has 69 valence electrons. The van der Waals surface area contributed by atoms with E-state index in [0.29, 0.717) is 0 Å². The zero-order chi connectivity index (χ0) is 9.11. The maximum absolute atomic E-state index is 3.00. The summed E-state index contributed by atoms with van der Waals surface area (Å²) < 4.78 is 0. The van der Waals surface area contributed by atoms with E-state index in [1.807, 2.05) is 18.2 Å². The third kappa shape index (κ3) is 12.0. The molecule has 0 saturated heterocycles. The summed E-state index contributed by atoms with van der Waals surface area (Å²) in [5, 5.41) is 0. The quantitative estimate of drug-likeness (QED) is 0.488. The van der Waals surface area contributed by atoms with Crippen LogP contribution in [0.15, 0.2) is 56.6 Å². The van der Waals surface area contributed by atoms with E-state index < -0.39 is 0 Å². The van der Waals surface area contributed by atoms with Crippen molar-refractivity contribution in [1.29, 1.82) is 0 Å². The van der Waals surface area contributed by atoms with Gasteiger partial charge in [-0.1, -0.05) is 35.9 Å². The van der Waals surface area contributed by atoms with E-state index in [-0.39, 0.29) is 19.5 Å². The van der Waals surface area contributed by atoms with E-state index in [1.165, 1.54) is 5.56 Å². The molecule has 1 radical (unpaired) electrons. The number of aryl methyl sites for hydroxylation is 1. The normalized spacial score (nSPS) is 5.75. The van der Waals surface area contributed by atoms with Crippen LogP contribution >= 0.6 is 0 Å². The molecule has 0 aliphatic carbocycles. The van der Waals surface area contributed by atoms with E-state index in [2.05, 4.69) is 45.4 Å². The van der Waals surface area contributed by atoms with Crippen LogP contribution in [0.4, 0.5) is 0 Å². The molecule has 0 aromatic heterocycles. The molecule has 0 aliphatic heterocycles. The van der Waals surface area contributed by atoms with Crippen molar-refractivity contribution < 1.29 is 19.5 Å². The average Bonchev–Trinajstić information content (AvgIpc) is 2.13. The molecule has 0 atom stereocenters. The minimum atomic E-state index is 0. The van der Waals surface area contributed by atoms with Gasteiger partial charge in [0.2, 0.25) is 0 Å². The summed E-state index contributed by atoms with van der Waals surface area (Å²) in [5.41, 5.74) is 1.32. The molecule has 0 amide bonds. The number of hydrogen-bond donors (Lipinski definition) is 0. The molecule has 12 heavy (non-hydrogen) atoms. The fourth-order valence-corrected chi connectivity index (χ4v) is 0.534. The van der Waals surface area contributed by atoms with Gasteiger partial charge in [0.25, 0.3) is 0 Å².